The Hall–Kier alpha value is -7.10. The Morgan fingerprint density at radius 2 is 1.60 bits per heavy atom. The third-order valence-electron chi connectivity index (χ3n) is 12.0. The van der Waals surface area contributed by atoms with Crippen LogP contribution in [-0.2, 0) is 30.9 Å². The third kappa shape index (κ3) is 8.28. The van der Waals surface area contributed by atoms with Crippen molar-refractivity contribution < 1.29 is 33.4 Å². The van der Waals surface area contributed by atoms with E-state index in [0.29, 0.717) is 95.9 Å². The number of ether oxygens (including phenoxy) is 3. The number of morpholine rings is 1. The summed E-state index contributed by atoms with van der Waals surface area (Å²) < 4.78 is 25.2. The number of carbonyl (C=O) groups excluding carboxylic acids is 4. The smallest absolute Gasteiger partial charge is 0.278 e. The number of hydrogen-bond acceptors (Lipinski definition) is 13. The number of nitrogens with one attached hydrogen (secondary N) is 2. The summed E-state index contributed by atoms with van der Waals surface area (Å²) in [5.41, 5.74) is 15.9. The minimum absolute atomic E-state index is 0.126. The molecule has 0 saturated carbocycles. The van der Waals surface area contributed by atoms with Crippen LogP contribution in [0.2, 0.25) is 0 Å². The molecule has 2 fully saturated rings. The fourth-order valence-electron chi connectivity index (χ4n) is 8.97. The number of methoxy groups -OCH3 is 1. The number of allylic oxidation sites excluding steroid dienone is 2. The van der Waals surface area contributed by atoms with Crippen molar-refractivity contribution in [3.05, 3.63) is 82.5 Å². The number of primary amides is 2. The maximum Gasteiger partial charge on any atom is 0.278 e. The molecule has 2 saturated heterocycles. The normalized spacial score (nSPS) is 16.1. The number of anilines is 2. The fourth-order valence-corrected chi connectivity index (χ4v) is 8.97. The van der Waals surface area contributed by atoms with Crippen molar-refractivity contribution >= 4 is 57.6 Å². The van der Waals surface area contributed by atoms with Crippen molar-refractivity contribution in [2.24, 2.45) is 11.5 Å². The summed E-state index contributed by atoms with van der Waals surface area (Å²) >= 11 is 0. The van der Waals surface area contributed by atoms with Crippen molar-refractivity contribution in [1.82, 2.24) is 48.9 Å². The SMILES string of the molecule is CCn1nc(C)cc1C(=O)Nc1nc2cc(C(N)=O)cc(OC)c2n1C/C=C/Cn1c(N2CCn3nc(C)cc3C2=O)nc2cc(C(N)=O)cc(OCCCN3CC4(CNCCO4)C3)c21. The zero-order valence-corrected chi connectivity index (χ0v) is 36.8. The first-order chi connectivity index (χ1) is 31.3. The van der Waals surface area contributed by atoms with E-state index in [0.717, 1.165) is 38.4 Å². The summed E-state index contributed by atoms with van der Waals surface area (Å²) in [6.45, 7) is 12.4. The van der Waals surface area contributed by atoms with Gasteiger partial charge in [0, 0.05) is 70.0 Å². The molecule has 340 valence electrons. The van der Waals surface area contributed by atoms with Gasteiger partial charge in [-0.2, -0.15) is 10.2 Å². The van der Waals surface area contributed by atoms with Gasteiger partial charge in [-0.3, -0.25) is 43.7 Å². The lowest BCUT2D eigenvalue weighted by Gasteiger charge is -2.51. The van der Waals surface area contributed by atoms with E-state index in [9.17, 15) is 19.2 Å². The summed E-state index contributed by atoms with van der Waals surface area (Å²) in [4.78, 5) is 66.5. The number of nitrogens with two attached hydrogens (primary N) is 2. The molecule has 7 heterocycles. The Bertz CT molecular complexity index is 2870. The number of carbonyl (C=O) groups is 4. The molecule has 4 aromatic heterocycles. The van der Waals surface area contributed by atoms with Crippen LogP contribution in [0.4, 0.5) is 11.9 Å². The molecule has 2 aromatic carbocycles. The van der Waals surface area contributed by atoms with Crippen molar-refractivity contribution in [1.29, 1.82) is 0 Å². The maximum absolute atomic E-state index is 14.1. The van der Waals surface area contributed by atoms with Gasteiger partial charge in [0.1, 0.15) is 39.5 Å². The summed E-state index contributed by atoms with van der Waals surface area (Å²) in [5, 5.41) is 15.3. The first-order valence-corrected chi connectivity index (χ1v) is 21.6. The first kappa shape index (κ1) is 43.2. The highest BCUT2D eigenvalue weighted by Crippen LogP contribution is 2.35. The van der Waals surface area contributed by atoms with Gasteiger partial charge in [-0.25, -0.2) is 9.97 Å². The van der Waals surface area contributed by atoms with Gasteiger partial charge in [0.2, 0.25) is 23.7 Å². The molecular weight excluding hydrogens is 837 g/mol. The highest BCUT2D eigenvalue weighted by atomic mass is 16.5. The van der Waals surface area contributed by atoms with E-state index in [1.165, 1.54) is 13.2 Å². The Morgan fingerprint density at radius 3 is 2.29 bits per heavy atom. The molecule has 6 N–H and O–H groups in total. The monoisotopic (exact) mass is 888 g/mol. The van der Waals surface area contributed by atoms with Gasteiger partial charge in [-0.05, 0) is 63.6 Å². The highest BCUT2D eigenvalue weighted by Gasteiger charge is 2.44. The van der Waals surface area contributed by atoms with E-state index in [2.05, 4.69) is 25.7 Å². The van der Waals surface area contributed by atoms with Crippen LogP contribution in [-0.4, -0.2) is 132 Å². The first-order valence-electron chi connectivity index (χ1n) is 21.6. The van der Waals surface area contributed by atoms with Gasteiger partial charge < -0.3 is 40.1 Å². The van der Waals surface area contributed by atoms with Crippen LogP contribution >= 0.6 is 0 Å². The second kappa shape index (κ2) is 17.5. The molecule has 3 aliphatic heterocycles. The number of imidazole rings is 2. The van der Waals surface area contributed by atoms with Gasteiger partial charge >= 0.3 is 0 Å². The summed E-state index contributed by atoms with van der Waals surface area (Å²) in [7, 11) is 1.48. The van der Waals surface area contributed by atoms with Crippen molar-refractivity contribution in [3.63, 3.8) is 0 Å². The number of hydrogen-bond donors (Lipinski definition) is 4. The predicted octanol–water partition coefficient (Wildman–Crippen LogP) is 2.23. The quantitative estimate of drug-likeness (QED) is 0.0805. The molecule has 0 bridgehead atoms. The lowest BCUT2D eigenvalue weighted by molar-refractivity contribution is -0.156. The molecule has 21 nitrogen and oxygen atoms in total. The second-order valence-electron chi connectivity index (χ2n) is 16.6. The molecule has 9 rings (SSSR count). The Labute approximate surface area is 373 Å². The number of fused-ring (bicyclic) bond motifs is 3. The lowest BCUT2D eigenvalue weighted by Crippen LogP contribution is -2.69. The molecule has 0 radical (unpaired) electrons. The molecule has 3 aliphatic rings. The van der Waals surface area contributed by atoms with Crippen LogP contribution < -0.4 is 36.5 Å². The van der Waals surface area contributed by atoms with Crippen molar-refractivity contribution in [3.8, 4) is 11.5 Å². The molecule has 21 heteroatoms. The molecule has 65 heavy (non-hydrogen) atoms. The summed E-state index contributed by atoms with van der Waals surface area (Å²) in [5.74, 6) is -0.728. The molecule has 0 unspecified atom stereocenters. The largest absolute Gasteiger partial charge is 0.494 e. The lowest BCUT2D eigenvalue weighted by atomic mass is 9.92. The van der Waals surface area contributed by atoms with Crippen LogP contribution in [0.5, 0.6) is 11.5 Å². The second-order valence-corrected chi connectivity index (χ2v) is 16.6. The molecular formula is C44H52N14O7. The van der Waals surface area contributed by atoms with Gasteiger partial charge in [0.25, 0.3) is 11.8 Å². The highest BCUT2D eigenvalue weighted by molar-refractivity contribution is 6.07. The molecule has 0 atom stereocenters. The Kier molecular flexibility index (Phi) is 11.6. The van der Waals surface area contributed by atoms with E-state index in [1.54, 1.807) is 49.2 Å². The number of amides is 4. The van der Waals surface area contributed by atoms with Crippen LogP contribution in [0.25, 0.3) is 22.1 Å². The summed E-state index contributed by atoms with van der Waals surface area (Å²) in [6, 6.07) is 9.77. The van der Waals surface area contributed by atoms with Gasteiger partial charge in [0.15, 0.2) is 0 Å². The number of aromatic nitrogens is 8. The molecule has 6 aromatic rings. The molecule has 1 spiro atoms. The number of aryl methyl sites for hydroxylation is 3. The van der Waals surface area contributed by atoms with E-state index in [-0.39, 0.29) is 41.7 Å². The van der Waals surface area contributed by atoms with Crippen LogP contribution in [0, 0.1) is 13.8 Å². The van der Waals surface area contributed by atoms with Gasteiger partial charge in [0.05, 0.1) is 49.3 Å². The van der Waals surface area contributed by atoms with Crippen molar-refractivity contribution in [2.45, 2.75) is 59.0 Å². The molecule has 0 aliphatic carbocycles. The predicted molar refractivity (Wildman–Crippen MR) is 240 cm³/mol. The van der Waals surface area contributed by atoms with Gasteiger partial charge in [-0.15, -0.1) is 0 Å². The van der Waals surface area contributed by atoms with Crippen LogP contribution in [0.1, 0.15) is 66.4 Å². The van der Waals surface area contributed by atoms with E-state index < -0.39 is 17.7 Å². The third-order valence-corrected chi connectivity index (χ3v) is 12.0. The topological polar surface area (TPSA) is 250 Å². The minimum Gasteiger partial charge on any atom is -0.494 e. The van der Waals surface area contributed by atoms with E-state index >= 15 is 0 Å². The van der Waals surface area contributed by atoms with Crippen molar-refractivity contribution in [2.75, 3.05) is 69.8 Å². The Morgan fingerprint density at radius 1 is 0.908 bits per heavy atom. The molecule has 4 amide bonds. The average Bonchev–Trinajstić information content (AvgIpc) is 4.05. The van der Waals surface area contributed by atoms with Crippen LogP contribution in [0.15, 0.2) is 48.6 Å². The van der Waals surface area contributed by atoms with E-state index in [4.69, 9.17) is 35.6 Å². The zero-order valence-electron chi connectivity index (χ0n) is 36.8. The number of nitrogens with zero attached hydrogens (tertiary/aromatic N) is 10. The zero-order chi connectivity index (χ0) is 45.6. The van der Waals surface area contributed by atoms with Crippen LogP contribution in [0.3, 0.4) is 0 Å². The number of rotatable bonds is 16. The average molecular weight is 889 g/mol. The number of likely N-dealkylation sites (tertiary alicyclic amines) is 1. The Balaban J connectivity index is 1.05. The van der Waals surface area contributed by atoms with E-state index in [1.807, 2.05) is 37.5 Å². The standard InChI is InChI=1S/C44H52N14O7/c1-5-57-32(17-26(2)51-57)40(61)50-42-48-30-19-28(38(45)59)21-34(63-4)36(30)54(42)11-6-7-12-55-37-31(49-43(55)56-13-14-58-33(41(56)62)18-27(3)52-58)20-29(39(46)60)22-35(37)64-15-8-10-53-24-44(25-53)23-47-9-16-65-44/h6-7,17-22,47H,5,8-16,23-25H2,1-4H3,(H2,45,59)(H2,46,60)(H,48,50,61)/b7-6+. The van der Waals surface area contributed by atoms with Gasteiger partial charge in [-0.1, -0.05) is 12.2 Å². The minimum atomic E-state index is -0.661. The maximum atomic E-state index is 14.1. The summed E-state index contributed by atoms with van der Waals surface area (Å²) in [6.07, 6.45) is 4.50. The fraction of sp³-hybridized carbons (Fsp3) is 0.409. The number of benzene rings is 2.